The molecule has 0 fully saturated rings. The van der Waals surface area contributed by atoms with Gasteiger partial charge in [0.05, 0.1) is 12.2 Å². The van der Waals surface area contributed by atoms with Crippen molar-refractivity contribution in [2.75, 3.05) is 6.61 Å². The minimum absolute atomic E-state index is 0.548. The molecule has 2 aromatic carbocycles. The first-order valence-corrected chi connectivity index (χ1v) is 7.24. The van der Waals surface area contributed by atoms with Crippen molar-refractivity contribution in [2.45, 2.75) is 6.92 Å². The van der Waals surface area contributed by atoms with Gasteiger partial charge in [-0.3, -0.25) is 0 Å². The zero-order valence-corrected chi connectivity index (χ0v) is 12.5. The summed E-state index contributed by atoms with van der Waals surface area (Å²) in [5.74, 6) is 1.25. The summed E-state index contributed by atoms with van der Waals surface area (Å²) in [6.45, 7) is 6.52. The highest BCUT2D eigenvalue weighted by Gasteiger charge is 2.22. The molecule has 0 aliphatic heterocycles. The molecule has 0 aliphatic carbocycles. The summed E-state index contributed by atoms with van der Waals surface area (Å²) in [4.78, 5) is 0. The average Bonchev–Trinajstić information content (AvgIpc) is 3.02. The molecule has 1 aromatic heterocycles. The van der Waals surface area contributed by atoms with Gasteiger partial charge >= 0.3 is 0 Å². The van der Waals surface area contributed by atoms with Crippen molar-refractivity contribution in [1.82, 2.24) is 5.16 Å². The molecule has 110 valence electrons. The minimum Gasteiger partial charge on any atom is -0.494 e. The van der Waals surface area contributed by atoms with Gasteiger partial charge in [0.1, 0.15) is 11.5 Å². The fourth-order valence-corrected chi connectivity index (χ4v) is 2.37. The summed E-state index contributed by atoms with van der Waals surface area (Å²) in [5, 5.41) is 4.25. The Kier molecular flexibility index (Phi) is 4.05. The van der Waals surface area contributed by atoms with Crippen LogP contribution >= 0.6 is 0 Å². The number of benzene rings is 2. The lowest BCUT2D eigenvalue weighted by atomic mass is 10.0. The maximum Gasteiger partial charge on any atom is 0.178 e. The second-order valence-electron chi connectivity index (χ2n) is 4.82. The van der Waals surface area contributed by atoms with E-state index in [-0.39, 0.29) is 0 Å². The van der Waals surface area contributed by atoms with Crippen LogP contribution in [0.25, 0.3) is 28.3 Å². The van der Waals surface area contributed by atoms with E-state index in [1.165, 1.54) is 0 Å². The van der Waals surface area contributed by atoms with Crippen molar-refractivity contribution in [2.24, 2.45) is 0 Å². The van der Waals surface area contributed by atoms with Crippen molar-refractivity contribution in [3.63, 3.8) is 0 Å². The SMILES string of the molecule is C=C(OCC)c1c(-c2ccccc2)noc1-c1ccccc1. The fraction of sp³-hybridized carbons (Fsp3) is 0.105. The monoisotopic (exact) mass is 291 g/mol. The first-order valence-electron chi connectivity index (χ1n) is 7.24. The maximum atomic E-state index is 5.62. The zero-order valence-electron chi connectivity index (χ0n) is 12.5. The van der Waals surface area contributed by atoms with E-state index in [9.17, 15) is 0 Å². The molecule has 0 amide bonds. The third kappa shape index (κ3) is 2.66. The molecule has 3 heteroatoms. The van der Waals surface area contributed by atoms with Gasteiger partial charge in [-0.05, 0) is 6.92 Å². The number of rotatable bonds is 5. The van der Waals surface area contributed by atoms with Crippen LogP contribution < -0.4 is 0 Å². The van der Waals surface area contributed by atoms with Gasteiger partial charge in [0.15, 0.2) is 5.76 Å². The van der Waals surface area contributed by atoms with E-state index in [4.69, 9.17) is 9.26 Å². The summed E-state index contributed by atoms with van der Waals surface area (Å²) in [5.41, 5.74) is 3.48. The smallest absolute Gasteiger partial charge is 0.178 e. The molecule has 0 saturated carbocycles. The van der Waals surface area contributed by atoms with E-state index in [1.54, 1.807) is 0 Å². The minimum atomic E-state index is 0.548. The largest absolute Gasteiger partial charge is 0.494 e. The van der Waals surface area contributed by atoms with Crippen molar-refractivity contribution in [1.29, 1.82) is 0 Å². The van der Waals surface area contributed by atoms with E-state index in [2.05, 4.69) is 11.7 Å². The van der Waals surface area contributed by atoms with Gasteiger partial charge in [0, 0.05) is 11.1 Å². The topological polar surface area (TPSA) is 35.3 Å². The molecule has 3 nitrogen and oxygen atoms in total. The second kappa shape index (κ2) is 6.31. The highest BCUT2D eigenvalue weighted by atomic mass is 16.5. The molecule has 0 aliphatic rings. The van der Waals surface area contributed by atoms with Gasteiger partial charge in [0.25, 0.3) is 0 Å². The summed E-state index contributed by atoms with van der Waals surface area (Å²) < 4.78 is 11.2. The Morgan fingerprint density at radius 3 is 2.18 bits per heavy atom. The maximum absolute atomic E-state index is 5.62. The predicted octanol–water partition coefficient (Wildman–Crippen LogP) is 5.02. The quantitative estimate of drug-likeness (QED) is 0.619. The van der Waals surface area contributed by atoms with E-state index >= 15 is 0 Å². The van der Waals surface area contributed by atoms with Crippen LogP contribution in [0.3, 0.4) is 0 Å². The van der Waals surface area contributed by atoms with Crippen LogP contribution in [-0.4, -0.2) is 11.8 Å². The van der Waals surface area contributed by atoms with Gasteiger partial charge in [-0.25, -0.2) is 0 Å². The first kappa shape index (κ1) is 14.1. The van der Waals surface area contributed by atoms with Crippen LogP contribution in [0.4, 0.5) is 0 Å². The van der Waals surface area contributed by atoms with Crippen LogP contribution in [0.5, 0.6) is 0 Å². The average molecular weight is 291 g/mol. The number of hydrogen-bond acceptors (Lipinski definition) is 3. The first-order chi connectivity index (χ1) is 10.8. The van der Waals surface area contributed by atoms with Gasteiger partial charge in [-0.2, -0.15) is 0 Å². The van der Waals surface area contributed by atoms with Gasteiger partial charge < -0.3 is 9.26 Å². The molecule has 0 bridgehead atoms. The third-order valence-electron chi connectivity index (χ3n) is 3.37. The Hall–Kier alpha value is -2.81. The lowest BCUT2D eigenvalue weighted by Gasteiger charge is -2.08. The van der Waals surface area contributed by atoms with Gasteiger partial charge in [-0.1, -0.05) is 72.4 Å². The Morgan fingerprint density at radius 2 is 1.59 bits per heavy atom. The molecule has 0 radical (unpaired) electrons. The highest BCUT2D eigenvalue weighted by Crippen LogP contribution is 2.36. The van der Waals surface area contributed by atoms with Gasteiger partial charge in [-0.15, -0.1) is 0 Å². The number of aromatic nitrogens is 1. The predicted molar refractivity (Wildman–Crippen MR) is 88.0 cm³/mol. The van der Waals surface area contributed by atoms with Crippen LogP contribution in [0.1, 0.15) is 12.5 Å². The standard InChI is InChI=1S/C19H17NO2/c1-3-21-14(2)17-18(15-10-6-4-7-11-15)20-22-19(17)16-12-8-5-9-13-16/h4-13H,2-3H2,1H3. The summed E-state index contributed by atoms with van der Waals surface area (Å²) in [6, 6.07) is 19.8. The third-order valence-corrected chi connectivity index (χ3v) is 3.37. The zero-order chi connectivity index (χ0) is 15.4. The molecule has 0 unspecified atom stereocenters. The summed E-state index contributed by atoms with van der Waals surface area (Å²) >= 11 is 0. The van der Waals surface area contributed by atoms with Crippen LogP contribution in [0.15, 0.2) is 71.8 Å². The van der Waals surface area contributed by atoms with E-state index < -0.39 is 0 Å². The number of hydrogen-bond donors (Lipinski definition) is 0. The van der Waals surface area contributed by atoms with Crippen molar-refractivity contribution < 1.29 is 9.26 Å². The van der Waals surface area contributed by atoms with E-state index in [0.717, 1.165) is 22.4 Å². The molecular formula is C19H17NO2. The Labute approximate surface area is 129 Å². The Bertz CT molecular complexity index is 704. The van der Waals surface area contributed by atoms with Gasteiger partial charge in [0.2, 0.25) is 0 Å². The molecule has 3 aromatic rings. The van der Waals surface area contributed by atoms with Crippen LogP contribution in [0, 0.1) is 0 Å². The lowest BCUT2D eigenvalue weighted by molar-refractivity contribution is 0.299. The summed E-state index contributed by atoms with van der Waals surface area (Å²) in [7, 11) is 0. The number of nitrogens with zero attached hydrogens (tertiary/aromatic N) is 1. The molecule has 0 saturated heterocycles. The molecule has 3 rings (SSSR count). The summed E-state index contributed by atoms with van der Waals surface area (Å²) in [6.07, 6.45) is 0. The molecule has 1 heterocycles. The highest BCUT2D eigenvalue weighted by molar-refractivity contribution is 5.84. The lowest BCUT2D eigenvalue weighted by Crippen LogP contribution is -1.93. The second-order valence-corrected chi connectivity index (χ2v) is 4.82. The molecule has 0 spiro atoms. The van der Waals surface area contributed by atoms with Crippen LogP contribution in [-0.2, 0) is 4.74 Å². The van der Waals surface area contributed by atoms with E-state index in [0.29, 0.717) is 18.1 Å². The van der Waals surface area contributed by atoms with Crippen LogP contribution in [0.2, 0.25) is 0 Å². The fourth-order valence-electron chi connectivity index (χ4n) is 2.37. The number of ether oxygens (including phenoxy) is 1. The van der Waals surface area contributed by atoms with Crippen molar-refractivity contribution in [3.05, 3.63) is 72.8 Å². The Morgan fingerprint density at radius 1 is 1.00 bits per heavy atom. The molecule has 0 N–H and O–H groups in total. The van der Waals surface area contributed by atoms with Crippen molar-refractivity contribution >= 4 is 5.76 Å². The Balaban J connectivity index is 2.16. The van der Waals surface area contributed by atoms with E-state index in [1.807, 2.05) is 67.6 Å². The molecule has 22 heavy (non-hydrogen) atoms. The normalized spacial score (nSPS) is 10.4. The van der Waals surface area contributed by atoms with Crippen molar-refractivity contribution in [3.8, 4) is 22.6 Å². The molecular weight excluding hydrogens is 274 g/mol. The molecule has 0 atom stereocenters.